The van der Waals surface area contributed by atoms with Crippen molar-refractivity contribution in [2.24, 2.45) is 0 Å². The Hall–Kier alpha value is -0.390. The summed E-state index contributed by atoms with van der Waals surface area (Å²) in [7, 11) is 0. The van der Waals surface area contributed by atoms with Gasteiger partial charge in [-0.1, -0.05) is 6.92 Å². The molecule has 4 nitrogen and oxygen atoms in total. The van der Waals surface area contributed by atoms with E-state index in [9.17, 15) is 0 Å². The molecule has 0 spiro atoms. The van der Waals surface area contributed by atoms with Crippen molar-refractivity contribution in [2.45, 2.75) is 52.8 Å². The van der Waals surface area contributed by atoms with Crippen LogP contribution in [0.25, 0.3) is 0 Å². The lowest BCUT2D eigenvalue weighted by atomic mass is 10.1. The molecule has 108 valence electrons. The molecule has 0 bridgehead atoms. The highest BCUT2D eigenvalue weighted by molar-refractivity contribution is 9.10. The molecule has 0 amide bonds. The number of morpholine rings is 1. The van der Waals surface area contributed by atoms with Crippen LogP contribution in [0.1, 0.15) is 39.1 Å². The Balaban J connectivity index is 2.16. The lowest BCUT2D eigenvalue weighted by molar-refractivity contribution is -0.0888. The zero-order valence-electron chi connectivity index (χ0n) is 12.4. The van der Waals surface area contributed by atoms with Crippen LogP contribution in [0.3, 0.4) is 0 Å². The van der Waals surface area contributed by atoms with Crippen LogP contribution in [0.5, 0.6) is 0 Å². The molecule has 0 unspecified atom stereocenters. The van der Waals surface area contributed by atoms with Gasteiger partial charge in [-0.3, -0.25) is 9.58 Å². The Kier molecular flexibility index (Phi) is 4.69. The first-order valence-corrected chi connectivity index (χ1v) is 7.86. The predicted molar refractivity (Wildman–Crippen MR) is 80.3 cm³/mol. The zero-order chi connectivity index (χ0) is 14.0. The first-order valence-electron chi connectivity index (χ1n) is 7.07. The van der Waals surface area contributed by atoms with Crippen molar-refractivity contribution in [2.75, 3.05) is 19.7 Å². The zero-order valence-corrected chi connectivity index (χ0v) is 14.0. The molecule has 2 rings (SSSR count). The van der Waals surface area contributed by atoms with Crippen LogP contribution in [0.15, 0.2) is 4.47 Å². The van der Waals surface area contributed by atoms with E-state index in [-0.39, 0.29) is 5.60 Å². The van der Waals surface area contributed by atoms with Crippen molar-refractivity contribution >= 4 is 15.9 Å². The van der Waals surface area contributed by atoms with E-state index in [1.807, 2.05) is 0 Å². The van der Waals surface area contributed by atoms with Crippen LogP contribution < -0.4 is 0 Å². The highest BCUT2D eigenvalue weighted by Crippen LogP contribution is 2.25. The molecule has 1 saturated heterocycles. The Morgan fingerprint density at radius 3 is 2.68 bits per heavy atom. The molecule has 2 heterocycles. The fraction of sp³-hybridized carbons (Fsp3) is 0.786. The summed E-state index contributed by atoms with van der Waals surface area (Å²) < 4.78 is 9.07. The summed E-state index contributed by atoms with van der Waals surface area (Å²) >= 11 is 3.72. The number of rotatable bonds is 4. The van der Waals surface area contributed by atoms with Crippen molar-refractivity contribution in [1.29, 1.82) is 0 Å². The number of hydrogen-bond donors (Lipinski definition) is 0. The molecule has 0 radical (unpaired) electrons. The van der Waals surface area contributed by atoms with E-state index in [1.165, 1.54) is 10.2 Å². The molecule has 0 aliphatic carbocycles. The van der Waals surface area contributed by atoms with E-state index in [0.29, 0.717) is 0 Å². The average molecular weight is 330 g/mol. The van der Waals surface area contributed by atoms with Gasteiger partial charge in [-0.25, -0.2) is 0 Å². The predicted octanol–water partition coefficient (Wildman–Crippen LogP) is 2.84. The molecule has 0 atom stereocenters. The van der Waals surface area contributed by atoms with Gasteiger partial charge in [-0.05, 0) is 43.1 Å². The molecule has 0 saturated carbocycles. The van der Waals surface area contributed by atoms with Crippen molar-refractivity contribution in [1.82, 2.24) is 14.7 Å². The van der Waals surface area contributed by atoms with Crippen LogP contribution in [-0.2, 0) is 24.2 Å². The van der Waals surface area contributed by atoms with Gasteiger partial charge in [0.15, 0.2) is 0 Å². The number of ether oxygens (including phenoxy) is 1. The summed E-state index contributed by atoms with van der Waals surface area (Å²) in [5.41, 5.74) is 2.40. The molecule has 1 aliphatic heterocycles. The second-order valence-electron chi connectivity index (χ2n) is 5.70. The van der Waals surface area contributed by atoms with E-state index in [2.05, 4.69) is 58.3 Å². The largest absolute Gasteiger partial charge is 0.373 e. The summed E-state index contributed by atoms with van der Waals surface area (Å²) in [6.07, 6.45) is 0.967. The van der Waals surface area contributed by atoms with Gasteiger partial charge in [0, 0.05) is 26.2 Å². The quantitative estimate of drug-likeness (QED) is 0.850. The number of aromatic nitrogens is 2. The first kappa shape index (κ1) is 15.0. The standard InChI is InChI=1S/C14H24BrN3O/c1-5-11-13(15)12(18(6-2)16-11)9-17-7-8-19-14(3,4)10-17/h5-10H2,1-4H3. The van der Waals surface area contributed by atoms with Crippen LogP contribution >= 0.6 is 15.9 Å². The van der Waals surface area contributed by atoms with E-state index in [0.717, 1.165) is 44.9 Å². The Labute approximate surface area is 124 Å². The SMILES string of the molecule is CCc1nn(CC)c(CN2CCOC(C)(C)C2)c1Br. The van der Waals surface area contributed by atoms with Crippen LogP contribution in [0.2, 0.25) is 0 Å². The van der Waals surface area contributed by atoms with E-state index in [1.54, 1.807) is 0 Å². The van der Waals surface area contributed by atoms with Gasteiger partial charge in [-0.2, -0.15) is 5.10 Å². The fourth-order valence-electron chi connectivity index (χ4n) is 2.63. The maximum Gasteiger partial charge on any atom is 0.0767 e. The normalized spacial score (nSPS) is 19.8. The van der Waals surface area contributed by atoms with Crippen LogP contribution in [-0.4, -0.2) is 40.0 Å². The highest BCUT2D eigenvalue weighted by atomic mass is 79.9. The third-order valence-electron chi connectivity index (χ3n) is 3.57. The molecule has 1 aromatic rings. The van der Waals surface area contributed by atoms with Gasteiger partial charge < -0.3 is 4.74 Å². The van der Waals surface area contributed by atoms with E-state index in [4.69, 9.17) is 4.74 Å². The van der Waals surface area contributed by atoms with Gasteiger partial charge >= 0.3 is 0 Å². The van der Waals surface area contributed by atoms with Crippen molar-refractivity contribution in [3.8, 4) is 0 Å². The van der Waals surface area contributed by atoms with E-state index >= 15 is 0 Å². The third-order valence-corrected chi connectivity index (χ3v) is 4.49. The molecule has 0 N–H and O–H groups in total. The number of halogens is 1. The van der Waals surface area contributed by atoms with Gasteiger partial charge in [0.05, 0.1) is 28.1 Å². The van der Waals surface area contributed by atoms with Gasteiger partial charge in [0.2, 0.25) is 0 Å². The number of aryl methyl sites for hydroxylation is 2. The number of nitrogens with zero attached hydrogens (tertiary/aromatic N) is 3. The smallest absolute Gasteiger partial charge is 0.0767 e. The summed E-state index contributed by atoms with van der Waals surface area (Å²) in [5.74, 6) is 0. The summed E-state index contributed by atoms with van der Waals surface area (Å²) in [5, 5.41) is 4.66. The van der Waals surface area contributed by atoms with E-state index < -0.39 is 0 Å². The van der Waals surface area contributed by atoms with Crippen molar-refractivity contribution in [3.05, 3.63) is 15.9 Å². The molecule has 5 heteroatoms. The molecule has 0 aromatic carbocycles. The van der Waals surface area contributed by atoms with Crippen molar-refractivity contribution in [3.63, 3.8) is 0 Å². The Morgan fingerprint density at radius 1 is 1.37 bits per heavy atom. The molecule has 1 aliphatic rings. The second-order valence-corrected chi connectivity index (χ2v) is 6.49. The van der Waals surface area contributed by atoms with Gasteiger partial charge in [0.25, 0.3) is 0 Å². The molecule has 19 heavy (non-hydrogen) atoms. The fourth-order valence-corrected chi connectivity index (χ4v) is 3.32. The molecular formula is C14H24BrN3O. The summed E-state index contributed by atoms with van der Waals surface area (Å²) in [6.45, 7) is 13.2. The summed E-state index contributed by atoms with van der Waals surface area (Å²) in [6, 6.07) is 0. The topological polar surface area (TPSA) is 30.3 Å². The minimum Gasteiger partial charge on any atom is -0.373 e. The van der Waals surface area contributed by atoms with Crippen LogP contribution in [0, 0.1) is 0 Å². The summed E-state index contributed by atoms with van der Waals surface area (Å²) in [4.78, 5) is 2.46. The molecular weight excluding hydrogens is 306 g/mol. The lowest BCUT2D eigenvalue weighted by Crippen LogP contribution is -2.47. The molecule has 1 aromatic heterocycles. The third kappa shape index (κ3) is 3.38. The average Bonchev–Trinajstić information content (AvgIpc) is 2.65. The lowest BCUT2D eigenvalue weighted by Gasteiger charge is -2.38. The Morgan fingerprint density at radius 2 is 2.11 bits per heavy atom. The number of hydrogen-bond acceptors (Lipinski definition) is 3. The molecule has 1 fully saturated rings. The van der Waals surface area contributed by atoms with Crippen LogP contribution in [0.4, 0.5) is 0 Å². The monoisotopic (exact) mass is 329 g/mol. The maximum absolute atomic E-state index is 5.77. The minimum atomic E-state index is -0.0463. The van der Waals surface area contributed by atoms with Gasteiger partial charge in [-0.15, -0.1) is 0 Å². The Bertz CT molecular complexity index is 442. The maximum atomic E-state index is 5.77. The second kappa shape index (κ2) is 5.94. The van der Waals surface area contributed by atoms with Crippen molar-refractivity contribution < 1.29 is 4.74 Å². The minimum absolute atomic E-state index is 0.0463. The highest BCUT2D eigenvalue weighted by Gasteiger charge is 2.28. The van der Waals surface area contributed by atoms with Gasteiger partial charge in [0.1, 0.15) is 0 Å². The first-order chi connectivity index (χ1) is 8.96.